The normalized spacial score (nSPS) is 13.1. The van der Waals surface area contributed by atoms with Gasteiger partial charge >= 0.3 is 0 Å². The van der Waals surface area contributed by atoms with Crippen LogP contribution in [-0.4, -0.2) is 9.97 Å². The molecule has 0 unspecified atom stereocenters. The van der Waals surface area contributed by atoms with Gasteiger partial charge in [-0.3, -0.25) is 0 Å². The summed E-state index contributed by atoms with van der Waals surface area (Å²) in [5.74, 6) is 0.714. The molecule has 1 aromatic heterocycles. The smallest absolute Gasteiger partial charge is 0.160 e. The molecule has 1 spiro atoms. The first kappa shape index (κ1) is 27.7. The van der Waals surface area contributed by atoms with Crippen LogP contribution in [0.3, 0.4) is 0 Å². The Bertz CT molecular complexity index is 2490. The number of hydrogen-bond donors (Lipinski definition) is 0. The molecule has 2 nitrogen and oxygen atoms in total. The van der Waals surface area contributed by atoms with Crippen LogP contribution in [0.1, 0.15) is 22.3 Å². The van der Waals surface area contributed by atoms with Gasteiger partial charge in [-0.15, -0.1) is 0 Å². The van der Waals surface area contributed by atoms with Gasteiger partial charge in [-0.05, 0) is 67.8 Å². The molecule has 0 saturated heterocycles. The van der Waals surface area contributed by atoms with Crippen LogP contribution in [0.5, 0.6) is 0 Å². The lowest BCUT2D eigenvalue weighted by molar-refractivity contribution is 0.794. The number of rotatable bonds is 4. The Balaban J connectivity index is 1.23. The summed E-state index contributed by atoms with van der Waals surface area (Å²) in [6.45, 7) is 0. The van der Waals surface area contributed by atoms with E-state index in [1.165, 1.54) is 44.5 Å². The monoisotopic (exact) mass is 622 g/mol. The summed E-state index contributed by atoms with van der Waals surface area (Å²) in [5.41, 5.74) is 17.3. The average Bonchev–Trinajstić information content (AvgIpc) is 3.65. The molecule has 0 saturated carbocycles. The molecule has 8 aromatic rings. The van der Waals surface area contributed by atoms with Gasteiger partial charge in [0.25, 0.3) is 0 Å². The molecule has 0 fully saturated rings. The predicted octanol–water partition coefficient (Wildman–Crippen LogP) is 11.5. The van der Waals surface area contributed by atoms with Crippen molar-refractivity contribution in [3.8, 4) is 67.3 Å². The predicted molar refractivity (Wildman–Crippen MR) is 200 cm³/mol. The third-order valence-corrected chi connectivity index (χ3v) is 10.3. The van der Waals surface area contributed by atoms with E-state index in [9.17, 15) is 0 Å². The topological polar surface area (TPSA) is 25.8 Å². The Morgan fingerprint density at radius 1 is 0.286 bits per heavy atom. The van der Waals surface area contributed by atoms with Crippen molar-refractivity contribution in [2.45, 2.75) is 5.41 Å². The fraction of sp³-hybridized carbons (Fsp3) is 0.0213. The number of benzene rings is 7. The van der Waals surface area contributed by atoms with Gasteiger partial charge in [0.05, 0.1) is 16.8 Å². The molecular formula is C47H30N2. The SMILES string of the molecule is c1ccc(-c2nc(-c3ccc4c(c3)C3(c5ccccc5-c5ccccc53)c3ccccc3-4)cc(-c3ccccc3-c3ccccc3)n2)cc1. The zero-order valence-corrected chi connectivity index (χ0v) is 26.7. The molecule has 2 heteroatoms. The van der Waals surface area contributed by atoms with Crippen LogP contribution in [-0.2, 0) is 5.41 Å². The van der Waals surface area contributed by atoms with Gasteiger partial charge in [0.15, 0.2) is 5.82 Å². The van der Waals surface area contributed by atoms with Crippen molar-refractivity contribution in [1.82, 2.24) is 9.97 Å². The summed E-state index contributed by atoms with van der Waals surface area (Å²) in [7, 11) is 0. The highest BCUT2D eigenvalue weighted by molar-refractivity contribution is 5.96. The van der Waals surface area contributed by atoms with E-state index in [0.29, 0.717) is 5.82 Å². The minimum atomic E-state index is -0.410. The molecule has 0 aliphatic heterocycles. The quantitative estimate of drug-likeness (QED) is 0.195. The lowest BCUT2D eigenvalue weighted by Gasteiger charge is -2.30. The lowest BCUT2D eigenvalue weighted by atomic mass is 9.70. The fourth-order valence-corrected chi connectivity index (χ4v) is 8.28. The summed E-state index contributed by atoms with van der Waals surface area (Å²) in [5, 5.41) is 0. The summed E-state index contributed by atoms with van der Waals surface area (Å²) in [6.07, 6.45) is 0. The van der Waals surface area contributed by atoms with Crippen LogP contribution in [0.15, 0.2) is 182 Å². The van der Waals surface area contributed by atoms with Crippen molar-refractivity contribution in [1.29, 1.82) is 0 Å². The molecule has 49 heavy (non-hydrogen) atoms. The molecule has 0 bridgehead atoms. The van der Waals surface area contributed by atoms with Gasteiger partial charge < -0.3 is 0 Å². The van der Waals surface area contributed by atoms with E-state index >= 15 is 0 Å². The van der Waals surface area contributed by atoms with Crippen LogP contribution >= 0.6 is 0 Å². The van der Waals surface area contributed by atoms with E-state index in [-0.39, 0.29) is 0 Å². The van der Waals surface area contributed by atoms with Crippen molar-refractivity contribution in [3.05, 3.63) is 204 Å². The Morgan fingerprint density at radius 2 is 0.735 bits per heavy atom. The standard InChI is InChI=1S/C47H30N2/c1-3-15-31(16-4-1)34-19-7-8-23-39(34)45-30-44(48-46(49-45)32-17-5-2-6-18-32)33-27-28-38-37-22-11-14-26-42(37)47(43(38)29-33)40-24-12-9-20-35(40)36-21-10-13-25-41(36)47/h1-30H. The van der Waals surface area contributed by atoms with Gasteiger partial charge in [0.2, 0.25) is 0 Å². The van der Waals surface area contributed by atoms with Crippen molar-refractivity contribution in [2.75, 3.05) is 0 Å². The molecule has 2 aliphatic carbocycles. The number of hydrogen-bond acceptors (Lipinski definition) is 2. The maximum absolute atomic E-state index is 5.27. The van der Waals surface area contributed by atoms with Crippen LogP contribution in [0.4, 0.5) is 0 Å². The molecule has 2 aliphatic rings. The number of aromatic nitrogens is 2. The third kappa shape index (κ3) is 4.07. The molecule has 0 amide bonds. The van der Waals surface area contributed by atoms with Gasteiger partial charge in [-0.1, -0.05) is 170 Å². The van der Waals surface area contributed by atoms with Crippen molar-refractivity contribution >= 4 is 0 Å². The van der Waals surface area contributed by atoms with Gasteiger partial charge in [-0.25, -0.2) is 9.97 Å². The van der Waals surface area contributed by atoms with E-state index in [1.54, 1.807) is 0 Å². The maximum atomic E-state index is 5.27. The Labute approximate surface area is 286 Å². The number of fused-ring (bicyclic) bond motifs is 10. The van der Waals surface area contributed by atoms with Crippen molar-refractivity contribution in [3.63, 3.8) is 0 Å². The summed E-state index contributed by atoms with van der Waals surface area (Å²) < 4.78 is 0. The van der Waals surface area contributed by atoms with Crippen LogP contribution in [0.25, 0.3) is 67.3 Å². The zero-order valence-electron chi connectivity index (χ0n) is 26.7. The zero-order chi connectivity index (χ0) is 32.4. The molecular weight excluding hydrogens is 593 g/mol. The fourth-order valence-electron chi connectivity index (χ4n) is 8.28. The highest BCUT2D eigenvalue weighted by Crippen LogP contribution is 2.63. The Morgan fingerprint density at radius 3 is 1.33 bits per heavy atom. The molecule has 0 radical (unpaired) electrons. The highest BCUT2D eigenvalue weighted by Gasteiger charge is 2.51. The summed E-state index contributed by atoms with van der Waals surface area (Å²) in [6, 6.07) is 65.4. The Kier molecular flexibility index (Phi) is 6.13. The van der Waals surface area contributed by atoms with Crippen LogP contribution in [0.2, 0.25) is 0 Å². The second-order valence-electron chi connectivity index (χ2n) is 12.9. The van der Waals surface area contributed by atoms with Gasteiger partial charge in [0, 0.05) is 16.7 Å². The molecule has 228 valence electrons. The maximum Gasteiger partial charge on any atom is 0.160 e. The van der Waals surface area contributed by atoms with Crippen molar-refractivity contribution < 1.29 is 0 Å². The lowest BCUT2D eigenvalue weighted by Crippen LogP contribution is -2.25. The molecule has 0 atom stereocenters. The second-order valence-corrected chi connectivity index (χ2v) is 12.9. The van der Waals surface area contributed by atoms with E-state index in [4.69, 9.17) is 9.97 Å². The molecule has 7 aromatic carbocycles. The Hall–Kier alpha value is -6.38. The highest BCUT2D eigenvalue weighted by atomic mass is 14.9. The minimum Gasteiger partial charge on any atom is -0.228 e. The molecule has 1 heterocycles. The average molecular weight is 623 g/mol. The molecule has 10 rings (SSSR count). The van der Waals surface area contributed by atoms with E-state index < -0.39 is 5.41 Å². The van der Waals surface area contributed by atoms with E-state index in [2.05, 4.69) is 164 Å². The summed E-state index contributed by atoms with van der Waals surface area (Å²) in [4.78, 5) is 10.5. The van der Waals surface area contributed by atoms with E-state index in [1.807, 2.05) is 18.2 Å². The van der Waals surface area contributed by atoms with Crippen LogP contribution < -0.4 is 0 Å². The first-order valence-electron chi connectivity index (χ1n) is 16.8. The third-order valence-electron chi connectivity index (χ3n) is 10.3. The number of nitrogens with zero attached hydrogens (tertiary/aromatic N) is 2. The summed E-state index contributed by atoms with van der Waals surface area (Å²) >= 11 is 0. The van der Waals surface area contributed by atoms with Crippen molar-refractivity contribution in [2.24, 2.45) is 0 Å². The van der Waals surface area contributed by atoms with Crippen LogP contribution in [0, 0.1) is 0 Å². The second kappa shape index (κ2) is 10.8. The van der Waals surface area contributed by atoms with E-state index in [0.717, 1.165) is 39.2 Å². The first-order valence-corrected chi connectivity index (χ1v) is 16.8. The first-order chi connectivity index (χ1) is 24.3. The largest absolute Gasteiger partial charge is 0.228 e. The van der Waals surface area contributed by atoms with Gasteiger partial charge in [-0.2, -0.15) is 0 Å². The van der Waals surface area contributed by atoms with Gasteiger partial charge in [0.1, 0.15) is 0 Å². The minimum absolute atomic E-state index is 0.410. The molecule has 0 N–H and O–H groups in total.